The van der Waals surface area contributed by atoms with Gasteiger partial charge in [-0.1, -0.05) is 12.1 Å². The van der Waals surface area contributed by atoms with Gasteiger partial charge in [0.05, 0.1) is 17.0 Å². The van der Waals surface area contributed by atoms with E-state index in [-0.39, 0.29) is 17.5 Å². The summed E-state index contributed by atoms with van der Waals surface area (Å²) in [5, 5.41) is 16.4. The van der Waals surface area contributed by atoms with Crippen molar-refractivity contribution in [3.63, 3.8) is 0 Å². The zero-order valence-corrected chi connectivity index (χ0v) is 15.0. The Morgan fingerprint density at radius 3 is 2.50 bits per heavy atom. The normalized spacial score (nSPS) is 12.0. The van der Waals surface area contributed by atoms with Crippen molar-refractivity contribution in [1.82, 2.24) is 25.7 Å². The molecule has 0 spiro atoms. The number of H-pyrrole nitrogens is 2. The molecular formula is C19H21N5O2. The van der Waals surface area contributed by atoms with Gasteiger partial charge in [0, 0.05) is 23.7 Å². The minimum atomic E-state index is -0.254. The summed E-state index contributed by atoms with van der Waals surface area (Å²) in [7, 11) is 0. The van der Waals surface area contributed by atoms with Gasteiger partial charge in [0.15, 0.2) is 0 Å². The number of hydrogen-bond donors (Lipinski definition) is 3. The van der Waals surface area contributed by atoms with Crippen LogP contribution in [0.2, 0.25) is 0 Å². The van der Waals surface area contributed by atoms with Crippen molar-refractivity contribution in [1.29, 1.82) is 0 Å². The van der Waals surface area contributed by atoms with Gasteiger partial charge in [0.25, 0.3) is 11.5 Å². The first kappa shape index (κ1) is 17.6. The van der Waals surface area contributed by atoms with Crippen LogP contribution in [0.25, 0.3) is 11.1 Å². The van der Waals surface area contributed by atoms with Crippen molar-refractivity contribution >= 4 is 5.91 Å². The summed E-state index contributed by atoms with van der Waals surface area (Å²) in [6.45, 7) is 5.69. The van der Waals surface area contributed by atoms with Crippen LogP contribution in [0.5, 0.6) is 0 Å². The molecule has 1 amide bonds. The number of benzene rings is 1. The highest BCUT2D eigenvalue weighted by atomic mass is 16.1. The van der Waals surface area contributed by atoms with Crippen LogP contribution < -0.4 is 10.9 Å². The number of aromatic nitrogens is 4. The molecule has 0 aliphatic heterocycles. The molecule has 0 fully saturated rings. The standard InChI is InChI=1S/C19H21N5O2/c1-11(8-16-9-12(2)21-23-16)20-18(25)15-6-4-14(5-7-15)17-10-13(3)22-24-19(17)26/h4-7,9-11H,8H2,1-3H3,(H,20,25)(H,21,23)(H,24,26)/t11-/m1/s1. The van der Waals surface area contributed by atoms with E-state index in [1.807, 2.05) is 26.8 Å². The zero-order valence-electron chi connectivity index (χ0n) is 15.0. The Bertz CT molecular complexity index is 972. The number of carbonyl (C=O) groups is 1. The van der Waals surface area contributed by atoms with Gasteiger partial charge in [-0.05, 0) is 50.6 Å². The third-order valence-corrected chi connectivity index (χ3v) is 4.04. The summed E-state index contributed by atoms with van der Waals surface area (Å²) in [6.07, 6.45) is 0.653. The lowest BCUT2D eigenvalue weighted by atomic mass is 10.0. The van der Waals surface area contributed by atoms with Crippen molar-refractivity contribution in [2.24, 2.45) is 0 Å². The third kappa shape index (κ3) is 4.05. The van der Waals surface area contributed by atoms with E-state index in [0.717, 1.165) is 22.6 Å². The number of aromatic amines is 2. The van der Waals surface area contributed by atoms with E-state index < -0.39 is 0 Å². The Hall–Kier alpha value is -3.22. The summed E-state index contributed by atoms with van der Waals surface area (Å²) in [5.41, 5.74) is 4.20. The predicted molar refractivity (Wildman–Crippen MR) is 99.0 cm³/mol. The molecule has 3 aromatic rings. The van der Waals surface area contributed by atoms with Gasteiger partial charge >= 0.3 is 0 Å². The molecule has 1 atom stereocenters. The molecule has 7 nitrogen and oxygen atoms in total. The number of hydrogen-bond acceptors (Lipinski definition) is 4. The molecule has 0 unspecified atom stereocenters. The van der Waals surface area contributed by atoms with Gasteiger partial charge in [-0.15, -0.1) is 0 Å². The number of amides is 1. The average Bonchev–Trinajstić information content (AvgIpc) is 3.01. The van der Waals surface area contributed by atoms with Crippen LogP contribution in [0.3, 0.4) is 0 Å². The largest absolute Gasteiger partial charge is 0.349 e. The van der Waals surface area contributed by atoms with E-state index in [4.69, 9.17) is 0 Å². The summed E-state index contributed by atoms with van der Waals surface area (Å²) < 4.78 is 0. The first-order valence-corrected chi connectivity index (χ1v) is 8.41. The van der Waals surface area contributed by atoms with Gasteiger partial charge in [0.2, 0.25) is 0 Å². The van der Waals surface area contributed by atoms with E-state index in [2.05, 4.69) is 25.7 Å². The van der Waals surface area contributed by atoms with Gasteiger partial charge in [-0.2, -0.15) is 10.2 Å². The first-order valence-electron chi connectivity index (χ1n) is 8.41. The van der Waals surface area contributed by atoms with E-state index in [0.29, 0.717) is 17.5 Å². The van der Waals surface area contributed by atoms with Crippen LogP contribution in [0, 0.1) is 13.8 Å². The number of nitrogens with zero attached hydrogens (tertiary/aromatic N) is 2. The Balaban J connectivity index is 1.68. The Labute approximate surface area is 150 Å². The Kier molecular flexibility index (Phi) is 4.97. The second kappa shape index (κ2) is 7.35. The van der Waals surface area contributed by atoms with E-state index >= 15 is 0 Å². The van der Waals surface area contributed by atoms with Crippen molar-refractivity contribution in [3.05, 3.63) is 69.4 Å². The predicted octanol–water partition coefficient (Wildman–Crippen LogP) is 2.14. The molecular weight excluding hydrogens is 330 g/mol. The lowest BCUT2D eigenvalue weighted by Crippen LogP contribution is -2.34. The summed E-state index contributed by atoms with van der Waals surface area (Å²) in [6, 6.07) is 10.6. The van der Waals surface area contributed by atoms with Crippen molar-refractivity contribution in [2.75, 3.05) is 0 Å². The molecule has 3 rings (SSSR count). The molecule has 0 aliphatic rings. The van der Waals surface area contributed by atoms with E-state index in [1.54, 1.807) is 30.3 Å². The highest BCUT2D eigenvalue weighted by Crippen LogP contribution is 2.16. The maximum absolute atomic E-state index is 12.4. The molecule has 0 radical (unpaired) electrons. The fourth-order valence-electron chi connectivity index (χ4n) is 2.77. The number of nitrogens with one attached hydrogen (secondary N) is 3. The Morgan fingerprint density at radius 2 is 1.85 bits per heavy atom. The van der Waals surface area contributed by atoms with Gasteiger partial charge in [0.1, 0.15) is 0 Å². The SMILES string of the molecule is Cc1cc(-c2ccc(C(=O)N[C@H](C)Cc3cc(C)[nH]n3)cc2)c(=O)[nH]n1. The molecule has 134 valence electrons. The summed E-state index contributed by atoms with van der Waals surface area (Å²) in [5.74, 6) is -0.156. The highest BCUT2D eigenvalue weighted by Gasteiger charge is 2.12. The Morgan fingerprint density at radius 1 is 1.12 bits per heavy atom. The number of carbonyl (C=O) groups excluding carboxylic acids is 1. The molecule has 7 heteroatoms. The second-order valence-electron chi connectivity index (χ2n) is 6.45. The third-order valence-electron chi connectivity index (χ3n) is 4.04. The maximum Gasteiger partial charge on any atom is 0.272 e. The van der Waals surface area contributed by atoms with Crippen molar-refractivity contribution < 1.29 is 4.79 Å². The molecule has 1 aromatic carbocycles. The maximum atomic E-state index is 12.4. The molecule has 26 heavy (non-hydrogen) atoms. The summed E-state index contributed by atoms with van der Waals surface area (Å²) in [4.78, 5) is 24.3. The van der Waals surface area contributed by atoms with Crippen LogP contribution in [0.4, 0.5) is 0 Å². The molecule has 3 N–H and O–H groups in total. The number of rotatable bonds is 5. The van der Waals surface area contributed by atoms with Crippen molar-refractivity contribution in [3.8, 4) is 11.1 Å². The second-order valence-corrected chi connectivity index (χ2v) is 6.45. The average molecular weight is 351 g/mol. The molecule has 0 bridgehead atoms. The van der Waals surface area contributed by atoms with Crippen molar-refractivity contribution in [2.45, 2.75) is 33.2 Å². The monoisotopic (exact) mass is 351 g/mol. The highest BCUT2D eigenvalue weighted by molar-refractivity contribution is 5.94. The minimum absolute atomic E-state index is 0.0458. The van der Waals surface area contributed by atoms with Crippen LogP contribution in [-0.2, 0) is 6.42 Å². The van der Waals surface area contributed by atoms with Crippen LogP contribution >= 0.6 is 0 Å². The van der Waals surface area contributed by atoms with E-state index in [9.17, 15) is 9.59 Å². The topological polar surface area (TPSA) is 104 Å². The quantitative estimate of drug-likeness (QED) is 0.655. The molecule has 0 aliphatic carbocycles. The van der Waals surface area contributed by atoms with E-state index in [1.165, 1.54) is 0 Å². The molecule has 0 saturated heterocycles. The smallest absolute Gasteiger partial charge is 0.272 e. The fraction of sp³-hybridized carbons (Fsp3) is 0.263. The van der Waals surface area contributed by atoms with Gasteiger partial charge in [-0.25, -0.2) is 5.10 Å². The molecule has 2 aromatic heterocycles. The number of aryl methyl sites for hydroxylation is 2. The van der Waals surface area contributed by atoms with Crippen LogP contribution in [0.1, 0.15) is 34.4 Å². The fourth-order valence-corrected chi connectivity index (χ4v) is 2.77. The lowest BCUT2D eigenvalue weighted by Gasteiger charge is -2.13. The minimum Gasteiger partial charge on any atom is -0.349 e. The summed E-state index contributed by atoms with van der Waals surface area (Å²) >= 11 is 0. The van der Waals surface area contributed by atoms with Crippen LogP contribution in [0.15, 0.2) is 41.2 Å². The lowest BCUT2D eigenvalue weighted by molar-refractivity contribution is 0.0940. The molecule has 0 saturated carbocycles. The van der Waals surface area contributed by atoms with Gasteiger partial charge < -0.3 is 5.32 Å². The first-order chi connectivity index (χ1) is 12.4. The molecule has 2 heterocycles. The zero-order chi connectivity index (χ0) is 18.7. The van der Waals surface area contributed by atoms with Crippen LogP contribution in [-0.4, -0.2) is 32.3 Å². The van der Waals surface area contributed by atoms with Gasteiger partial charge in [-0.3, -0.25) is 14.7 Å².